The predicted molar refractivity (Wildman–Crippen MR) is 86.3 cm³/mol. The van der Waals surface area contributed by atoms with Crippen molar-refractivity contribution in [3.05, 3.63) is 0 Å². The number of thiol groups is 1. The van der Waals surface area contributed by atoms with Gasteiger partial charge in [0, 0.05) is 5.54 Å². The third-order valence-electron chi connectivity index (χ3n) is 1.89. The maximum Gasteiger partial charge on any atom is 0.323 e. The zero-order valence-corrected chi connectivity index (χ0v) is 14.2. The summed E-state index contributed by atoms with van der Waals surface area (Å²) in [4.78, 5) is 41.5. The fourth-order valence-electron chi connectivity index (χ4n) is 0.920. The fourth-order valence-corrected chi connectivity index (χ4v) is 1.09. The summed E-state index contributed by atoms with van der Waals surface area (Å²) in [6, 6.07) is 0. The summed E-state index contributed by atoms with van der Waals surface area (Å²) in [6.45, 7) is 4.54. The maximum absolute atomic E-state index is 11.3. The number of amides is 1. The monoisotopic (exact) mass is 355 g/mol. The third kappa shape index (κ3) is 20.1. The van der Waals surface area contributed by atoms with E-state index in [1.807, 2.05) is 0 Å². The largest absolute Gasteiger partial charge is 0.480 e. The molecule has 0 aromatic rings. The Morgan fingerprint density at radius 1 is 0.913 bits per heavy atom. The van der Waals surface area contributed by atoms with Crippen molar-refractivity contribution in [3.8, 4) is 0 Å². The molecule has 0 unspecified atom stereocenters. The van der Waals surface area contributed by atoms with Crippen molar-refractivity contribution in [3.63, 3.8) is 0 Å². The van der Waals surface area contributed by atoms with Crippen LogP contribution in [0.3, 0.4) is 0 Å². The molecule has 7 N–H and O–H groups in total. The van der Waals surface area contributed by atoms with Gasteiger partial charge in [-0.05, 0) is 20.8 Å². The quantitative estimate of drug-likeness (QED) is 0.326. The molecule has 136 valence electrons. The Morgan fingerprint density at radius 3 is 1.35 bits per heavy atom. The van der Waals surface area contributed by atoms with Crippen LogP contribution >= 0.6 is 12.6 Å². The Hall–Kier alpha value is -1.85. The normalized spacial score (nSPS) is 9.48. The Bertz CT molecular complexity index is 383. The lowest BCUT2D eigenvalue weighted by atomic mass is 10.1. The Labute approximate surface area is 139 Å². The topological polar surface area (TPSA) is 184 Å². The van der Waals surface area contributed by atoms with Gasteiger partial charge in [-0.1, -0.05) is 0 Å². The van der Waals surface area contributed by atoms with Crippen LogP contribution in [-0.4, -0.2) is 75.0 Å². The van der Waals surface area contributed by atoms with E-state index in [-0.39, 0.29) is 31.3 Å². The van der Waals surface area contributed by atoms with E-state index >= 15 is 0 Å². The van der Waals surface area contributed by atoms with E-state index in [0.717, 1.165) is 0 Å². The van der Waals surface area contributed by atoms with Gasteiger partial charge in [0.15, 0.2) is 0 Å². The molecule has 0 aromatic carbocycles. The molecule has 0 atom stereocenters. The van der Waals surface area contributed by atoms with E-state index in [1.165, 1.54) is 4.90 Å². The number of rotatable bonds is 5. The second-order valence-electron chi connectivity index (χ2n) is 4.90. The molecule has 0 saturated heterocycles. The average Bonchev–Trinajstić information content (AvgIpc) is 2.43. The van der Waals surface area contributed by atoms with Crippen molar-refractivity contribution in [2.24, 2.45) is 11.5 Å². The second kappa shape index (κ2) is 13.8. The van der Waals surface area contributed by atoms with Crippen LogP contribution in [0, 0.1) is 0 Å². The molecule has 0 heterocycles. The SMILES string of the molecule is CC(C)(C)N(CC(=O)O)C(=O)CS.NCC(=O)O.NCC(=O)O. The number of hydrogen-bond acceptors (Lipinski definition) is 7. The lowest BCUT2D eigenvalue weighted by molar-refractivity contribution is -0.146. The zero-order chi connectivity index (χ0) is 19.2. The van der Waals surface area contributed by atoms with E-state index < -0.39 is 23.4 Å². The van der Waals surface area contributed by atoms with Crippen molar-refractivity contribution in [2.45, 2.75) is 26.3 Å². The summed E-state index contributed by atoms with van der Waals surface area (Å²) in [7, 11) is 0. The number of carboxylic acid groups (broad SMARTS) is 3. The molecular formula is C12H25N3O7S. The molecule has 0 spiro atoms. The third-order valence-corrected chi connectivity index (χ3v) is 2.16. The number of carbonyl (C=O) groups is 4. The van der Waals surface area contributed by atoms with Crippen molar-refractivity contribution < 1.29 is 34.5 Å². The number of aliphatic carboxylic acids is 3. The molecule has 0 saturated carbocycles. The molecule has 11 heteroatoms. The Balaban J connectivity index is -0.000000329. The molecule has 0 aliphatic carbocycles. The minimum absolute atomic E-state index is 0.0323. The number of carboxylic acids is 3. The first-order chi connectivity index (χ1) is 10.3. The smallest absolute Gasteiger partial charge is 0.323 e. The van der Waals surface area contributed by atoms with Gasteiger partial charge in [0.2, 0.25) is 5.91 Å². The summed E-state index contributed by atoms with van der Waals surface area (Å²) in [5.41, 5.74) is 8.67. The molecular weight excluding hydrogens is 330 g/mol. The van der Waals surface area contributed by atoms with E-state index in [4.69, 9.17) is 15.3 Å². The van der Waals surface area contributed by atoms with Crippen LogP contribution in [0.5, 0.6) is 0 Å². The molecule has 0 aliphatic heterocycles. The van der Waals surface area contributed by atoms with Crippen molar-refractivity contribution in [2.75, 3.05) is 25.4 Å². The summed E-state index contributed by atoms with van der Waals surface area (Å²) < 4.78 is 0. The van der Waals surface area contributed by atoms with Gasteiger partial charge in [0.05, 0.1) is 18.8 Å². The van der Waals surface area contributed by atoms with Gasteiger partial charge in [0.25, 0.3) is 0 Å². The van der Waals surface area contributed by atoms with Gasteiger partial charge in [-0.25, -0.2) is 0 Å². The van der Waals surface area contributed by atoms with Gasteiger partial charge >= 0.3 is 17.9 Å². The van der Waals surface area contributed by atoms with E-state index in [2.05, 4.69) is 24.1 Å². The highest BCUT2D eigenvalue weighted by Crippen LogP contribution is 2.13. The van der Waals surface area contributed by atoms with Gasteiger partial charge < -0.3 is 31.7 Å². The van der Waals surface area contributed by atoms with Crippen LogP contribution in [0.25, 0.3) is 0 Å². The molecule has 0 aromatic heterocycles. The molecule has 0 rings (SSSR count). The Kier molecular flexibility index (Phi) is 15.6. The average molecular weight is 355 g/mol. The molecule has 0 bridgehead atoms. The van der Waals surface area contributed by atoms with Crippen molar-refractivity contribution in [1.82, 2.24) is 4.90 Å². The minimum atomic E-state index is -1.01. The van der Waals surface area contributed by atoms with Gasteiger partial charge in [-0.3, -0.25) is 19.2 Å². The van der Waals surface area contributed by atoms with Crippen molar-refractivity contribution >= 4 is 36.4 Å². The molecule has 0 fully saturated rings. The predicted octanol–water partition coefficient (Wildman–Crippen LogP) is -1.31. The summed E-state index contributed by atoms with van der Waals surface area (Å²) in [5.74, 6) is -3.18. The lowest BCUT2D eigenvalue weighted by Crippen LogP contribution is -2.48. The highest BCUT2D eigenvalue weighted by Gasteiger charge is 2.27. The first-order valence-electron chi connectivity index (χ1n) is 6.30. The lowest BCUT2D eigenvalue weighted by Gasteiger charge is -2.34. The molecule has 0 aliphatic rings. The first kappa shape index (κ1) is 26.1. The summed E-state index contributed by atoms with van der Waals surface area (Å²) in [5, 5.41) is 23.8. The second-order valence-corrected chi connectivity index (χ2v) is 5.21. The highest BCUT2D eigenvalue weighted by molar-refractivity contribution is 7.81. The van der Waals surface area contributed by atoms with Crippen LogP contribution in [-0.2, 0) is 19.2 Å². The van der Waals surface area contributed by atoms with Gasteiger partial charge in [0.1, 0.15) is 6.54 Å². The molecule has 0 radical (unpaired) electrons. The standard InChI is InChI=1S/C8H15NO3S.2C2H5NO2/c1-8(2,3)9(4-7(11)12)6(10)5-13;2*3-1-2(4)5/h13H,4-5H2,1-3H3,(H,11,12);2*1,3H2,(H,4,5). The van der Waals surface area contributed by atoms with E-state index in [9.17, 15) is 19.2 Å². The minimum Gasteiger partial charge on any atom is -0.480 e. The van der Waals surface area contributed by atoms with Gasteiger partial charge in [-0.2, -0.15) is 12.6 Å². The first-order valence-corrected chi connectivity index (χ1v) is 6.93. The summed E-state index contributed by atoms with van der Waals surface area (Å²) in [6.07, 6.45) is 0. The number of nitrogens with two attached hydrogens (primary N) is 2. The molecule has 10 nitrogen and oxygen atoms in total. The Morgan fingerprint density at radius 2 is 1.22 bits per heavy atom. The van der Waals surface area contributed by atoms with Crippen molar-refractivity contribution in [1.29, 1.82) is 0 Å². The zero-order valence-electron chi connectivity index (χ0n) is 13.4. The van der Waals surface area contributed by atoms with Gasteiger partial charge in [-0.15, -0.1) is 0 Å². The van der Waals surface area contributed by atoms with Crippen LogP contribution in [0.15, 0.2) is 0 Å². The van der Waals surface area contributed by atoms with E-state index in [1.54, 1.807) is 20.8 Å². The number of hydrogen-bond donors (Lipinski definition) is 6. The summed E-state index contributed by atoms with van der Waals surface area (Å²) >= 11 is 3.82. The van der Waals surface area contributed by atoms with Crippen LogP contribution in [0.1, 0.15) is 20.8 Å². The molecule has 1 amide bonds. The van der Waals surface area contributed by atoms with Crippen LogP contribution in [0.4, 0.5) is 0 Å². The highest BCUT2D eigenvalue weighted by atomic mass is 32.1. The van der Waals surface area contributed by atoms with E-state index in [0.29, 0.717) is 0 Å². The fraction of sp³-hybridized carbons (Fsp3) is 0.667. The maximum atomic E-state index is 11.3. The molecule has 23 heavy (non-hydrogen) atoms. The van der Waals surface area contributed by atoms with Crippen LogP contribution < -0.4 is 11.5 Å². The number of nitrogens with zero attached hydrogens (tertiary/aromatic N) is 1. The van der Waals surface area contributed by atoms with Crippen LogP contribution in [0.2, 0.25) is 0 Å². The number of carbonyl (C=O) groups excluding carboxylic acids is 1.